The molecular weight excluding hydrogens is 849 g/mol. The molecule has 1 heterocycles. The number of benzene rings is 4. The first-order valence-corrected chi connectivity index (χ1v) is 23.7. The van der Waals surface area contributed by atoms with E-state index >= 15 is 0 Å². The third kappa shape index (κ3) is 20.6. The normalized spacial score (nSPS) is 12.4. The summed E-state index contributed by atoms with van der Waals surface area (Å²) in [4.78, 5) is 60.8. The largest absolute Gasteiger partial charge is 0.481 e. The van der Waals surface area contributed by atoms with Gasteiger partial charge in [0.2, 0.25) is 11.8 Å². The number of rotatable bonds is 21. The van der Waals surface area contributed by atoms with Gasteiger partial charge in [-0.3, -0.25) is 19.2 Å². The quantitative estimate of drug-likeness (QED) is 0.0685. The molecule has 3 N–H and O–H groups in total. The Morgan fingerprint density at radius 1 is 0.657 bits per heavy atom. The summed E-state index contributed by atoms with van der Waals surface area (Å²) >= 11 is 0. The maximum absolute atomic E-state index is 12.7. The summed E-state index contributed by atoms with van der Waals surface area (Å²) in [5.41, 5.74) is 6.84. The first-order valence-electron chi connectivity index (χ1n) is 23.7. The van der Waals surface area contributed by atoms with Crippen LogP contribution in [-0.2, 0) is 41.7 Å². The number of aliphatic carboxylic acids is 2. The van der Waals surface area contributed by atoms with Crippen molar-refractivity contribution in [3.63, 3.8) is 0 Å². The Hall–Kier alpha value is -6.57. The van der Waals surface area contributed by atoms with Crippen LogP contribution in [0.25, 0.3) is 22.3 Å². The van der Waals surface area contributed by atoms with E-state index in [1.54, 1.807) is 20.8 Å². The Bertz CT molecular complexity index is 2100. The predicted octanol–water partition coefficient (Wildman–Crippen LogP) is 12.3. The number of carboxylic acids is 2. The van der Waals surface area contributed by atoms with Gasteiger partial charge in [0.1, 0.15) is 6.04 Å². The minimum atomic E-state index is -1.02. The van der Waals surface area contributed by atoms with Crippen molar-refractivity contribution in [3.8, 4) is 22.3 Å². The van der Waals surface area contributed by atoms with Gasteiger partial charge in [0, 0.05) is 31.0 Å². The summed E-state index contributed by atoms with van der Waals surface area (Å²) in [5, 5.41) is 36.3. The zero-order valence-corrected chi connectivity index (χ0v) is 41.2. The fourth-order valence-corrected chi connectivity index (χ4v) is 6.81. The number of carbonyl (C=O) groups excluding carboxylic acids is 3. The van der Waals surface area contributed by atoms with Gasteiger partial charge in [-0.05, 0) is 76.4 Å². The Morgan fingerprint density at radius 2 is 1.19 bits per heavy atom. The molecule has 0 saturated heterocycles. The second kappa shape index (κ2) is 33.8. The van der Waals surface area contributed by atoms with Crippen molar-refractivity contribution in [2.75, 3.05) is 6.61 Å². The maximum Gasteiger partial charge on any atom is 0.326 e. The average Bonchev–Trinajstić information content (AvgIpc) is 3.91. The van der Waals surface area contributed by atoms with E-state index in [0.717, 1.165) is 51.8 Å². The maximum atomic E-state index is 12.7. The predicted molar refractivity (Wildman–Crippen MR) is 265 cm³/mol. The number of carbonyl (C=O) groups is 5. The van der Waals surface area contributed by atoms with Crippen molar-refractivity contribution >= 4 is 29.7 Å². The van der Waals surface area contributed by atoms with Crippen LogP contribution in [0, 0.1) is 12.1 Å². The first-order chi connectivity index (χ1) is 32.4. The monoisotopic (exact) mass is 922 g/mol. The molecule has 4 aromatic rings. The van der Waals surface area contributed by atoms with Gasteiger partial charge in [0.15, 0.2) is 0 Å². The van der Waals surface area contributed by atoms with Crippen LogP contribution in [0.1, 0.15) is 131 Å². The average molecular weight is 922 g/mol. The Morgan fingerprint density at radius 3 is 1.73 bits per heavy atom. The van der Waals surface area contributed by atoms with Crippen LogP contribution in [0.3, 0.4) is 0 Å². The molecule has 1 radical (unpaired) electrons. The van der Waals surface area contributed by atoms with Gasteiger partial charge >= 0.3 is 17.9 Å². The van der Waals surface area contributed by atoms with E-state index in [4.69, 9.17) is 9.84 Å². The SMILES string of the molecule is CC.CC.CC.CCCCC(=O)N(Cc1ccc(-c2ccccc2[C]2N=NN=N2)cc1)C(CC)C(=O)O.CCOC(=O)[C@H](C)CC(Cc1ccc(-c2ccccc2)cc1)NC(=O)CCC(=O)O. The third-order valence-corrected chi connectivity index (χ3v) is 10.0. The fourth-order valence-electron chi connectivity index (χ4n) is 6.81. The zero-order valence-electron chi connectivity index (χ0n) is 41.2. The topological polar surface area (TPSA) is 200 Å². The molecule has 0 spiro atoms. The lowest BCUT2D eigenvalue weighted by Gasteiger charge is -2.28. The highest BCUT2D eigenvalue weighted by molar-refractivity contribution is 5.84. The highest BCUT2D eigenvalue weighted by Gasteiger charge is 2.28. The number of ether oxygens (including phenoxy) is 1. The molecule has 363 valence electrons. The smallest absolute Gasteiger partial charge is 0.326 e. The van der Waals surface area contributed by atoms with Crippen molar-refractivity contribution in [2.45, 2.75) is 139 Å². The van der Waals surface area contributed by atoms with Gasteiger partial charge in [-0.25, -0.2) is 4.79 Å². The molecule has 14 heteroatoms. The van der Waals surface area contributed by atoms with Crippen molar-refractivity contribution in [1.82, 2.24) is 10.2 Å². The molecule has 0 saturated carbocycles. The number of hydrogen-bond donors (Lipinski definition) is 3. The van der Waals surface area contributed by atoms with Crippen LogP contribution < -0.4 is 5.32 Å². The molecule has 2 unspecified atom stereocenters. The summed E-state index contributed by atoms with van der Waals surface area (Å²) in [6.07, 6.45) is 3.44. The molecule has 3 atom stereocenters. The fraction of sp³-hybridized carbons (Fsp3) is 0.434. The number of carboxylic acid groups (broad SMARTS) is 2. The summed E-state index contributed by atoms with van der Waals surface area (Å²) in [6.45, 7) is 19.9. The van der Waals surface area contributed by atoms with Gasteiger partial charge in [0.05, 0.1) is 18.9 Å². The van der Waals surface area contributed by atoms with E-state index in [-0.39, 0.29) is 49.1 Å². The van der Waals surface area contributed by atoms with Gasteiger partial charge in [-0.2, -0.15) is 0 Å². The summed E-state index contributed by atoms with van der Waals surface area (Å²) < 4.78 is 5.07. The second-order valence-corrected chi connectivity index (χ2v) is 14.6. The Labute approximate surface area is 398 Å². The molecule has 1 aliphatic heterocycles. The first kappa shape index (κ1) is 58.4. The standard InChI is InChI=1S/C24H29NO5.C23H26N5O3.3C2H6/c1-3-30-24(29)17(2)15-21(25-22(26)13-14-23(27)28)16-18-9-11-20(12-10-18)19-7-5-4-6-8-19;1-3-5-10-21(29)28(20(4-2)23(30)31)15-16-11-13-17(14-12-16)18-8-6-7-9-19(18)22-24-26-27-25-22;3*1-2/h4-12,17,21H,3,13-16H2,1-2H3,(H,25,26)(H,27,28);6-9,11-14,20H,3-5,10,15H2,1-2H3,(H,30,31);3*1-2H3/t17-,21?;;;;/m1..../s1. The van der Waals surface area contributed by atoms with Gasteiger partial charge in [0.25, 0.3) is 6.17 Å². The summed E-state index contributed by atoms with van der Waals surface area (Å²) in [6, 6.07) is 32.4. The van der Waals surface area contributed by atoms with Crippen LogP contribution >= 0.6 is 0 Å². The van der Waals surface area contributed by atoms with Crippen molar-refractivity contribution in [2.24, 2.45) is 26.6 Å². The number of hydrogen-bond acceptors (Lipinski definition) is 10. The Kier molecular flexibility index (Phi) is 29.5. The van der Waals surface area contributed by atoms with Crippen molar-refractivity contribution in [1.29, 1.82) is 0 Å². The van der Waals surface area contributed by atoms with Crippen LogP contribution in [0.5, 0.6) is 0 Å². The van der Waals surface area contributed by atoms with E-state index in [1.165, 1.54) is 4.90 Å². The molecule has 0 fully saturated rings. The highest BCUT2D eigenvalue weighted by Crippen LogP contribution is 2.33. The number of nitrogens with zero attached hydrogens (tertiary/aromatic N) is 5. The number of amides is 2. The molecule has 0 aromatic heterocycles. The van der Waals surface area contributed by atoms with Gasteiger partial charge < -0.3 is 25.2 Å². The van der Waals surface area contributed by atoms with Crippen LogP contribution in [0.4, 0.5) is 0 Å². The summed E-state index contributed by atoms with van der Waals surface area (Å²) in [5.74, 6) is -3.13. The van der Waals surface area contributed by atoms with Crippen LogP contribution in [0.2, 0.25) is 0 Å². The minimum Gasteiger partial charge on any atom is -0.481 e. The van der Waals surface area contributed by atoms with E-state index in [0.29, 0.717) is 38.5 Å². The number of esters is 1. The molecule has 67 heavy (non-hydrogen) atoms. The molecular formula is C53H73N6O8. The molecule has 0 aliphatic carbocycles. The van der Waals surface area contributed by atoms with E-state index in [2.05, 4.69) is 26.0 Å². The minimum absolute atomic E-state index is 0.0907. The third-order valence-electron chi connectivity index (χ3n) is 10.0. The summed E-state index contributed by atoms with van der Waals surface area (Å²) in [7, 11) is 0. The van der Waals surface area contributed by atoms with E-state index in [1.807, 2.05) is 152 Å². The zero-order chi connectivity index (χ0) is 50.1. The van der Waals surface area contributed by atoms with Crippen LogP contribution in [-0.4, -0.2) is 63.5 Å². The van der Waals surface area contributed by atoms with E-state index < -0.39 is 18.0 Å². The molecule has 4 aromatic carbocycles. The lowest BCUT2D eigenvalue weighted by atomic mass is 9.94. The molecule has 1 aliphatic rings. The highest BCUT2D eigenvalue weighted by atomic mass is 16.5. The van der Waals surface area contributed by atoms with Crippen LogP contribution in [0.15, 0.2) is 124 Å². The van der Waals surface area contributed by atoms with E-state index in [9.17, 15) is 29.1 Å². The van der Waals surface area contributed by atoms with Crippen molar-refractivity contribution < 1.29 is 38.9 Å². The molecule has 0 bridgehead atoms. The lowest BCUT2D eigenvalue weighted by Crippen LogP contribution is -2.44. The second-order valence-electron chi connectivity index (χ2n) is 14.6. The van der Waals surface area contributed by atoms with Gasteiger partial charge in [-0.1, -0.05) is 172 Å². The number of unbranched alkanes of at least 4 members (excludes halogenated alkanes) is 1. The molecule has 2 amide bonds. The van der Waals surface area contributed by atoms with Gasteiger partial charge in [-0.15, -0.1) is 10.2 Å². The molecule has 14 nitrogen and oxygen atoms in total. The number of nitrogens with one attached hydrogen (secondary N) is 1. The van der Waals surface area contributed by atoms with Crippen molar-refractivity contribution in [3.05, 3.63) is 126 Å². The Balaban J connectivity index is 0.000000603. The molecule has 5 rings (SSSR count). The lowest BCUT2D eigenvalue weighted by molar-refractivity contribution is -0.151.